The molecule has 7 nitrogen and oxygen atoms in total. The van der Waals surface area contributed by atoms with Gasteiger partial charge in [-0.25, -0.2) is 4.68 Å². The Bertz CT molecular complexity index is 1360. The van der Waals surface area contributed by atoms with Crippen molar-refractivity contribution in [2.45, 2.75) is 26.0 Å². The fraction of sp³-hybridized carbons (Fsp3) is 0.143. The van der Waals surface area contributed by atoms with Crippen LogP contribution in [-0.2, 0) is 17.9 Å². The zero-order chi connectivity index (χ0) is 24.6. The Balaban J connectivity index is 1.36. The minimum atomic E-state index is -0.861. The second kappa shape index (κ2) is 11.1. The predicted octanol–water partition coefficient (Wildman–Crippen LogP) is 4.70. The average molecular weight is 468 g/mol. The third kappa shape index (κ3) is 6.29. The van der Waals surface area contributed by atoms with E-state index in [0.717, 1.165) is 11.1 Å². The van der Waals surface area contributed by atoms with Gasteiger partial charge in [0.05, 0.1) is 5.69 Å². The summed E-state index contributed by atoms with van der Waals surface area (Å²) in [5, 5.41) is 21.3. The zero-order valence-corrected chi connectivity index (χ0v) is 19.1. The Morgan fingerprint density at radius 2 is 1.54 bits per heavy atom. The molecule has 2 N–H and O–H groups in total. The first kappa shape index (κ1) is 23.6. The molecule has 0 unspecified atom stereocenters. The molecule has 0 fully saturated rings. The number of rotatable bonds is 10. The lowest BCUT2D eigenvalue weighted by atomic mass is 10.0. The molecule has 7 heteroatoms. The maximum Gasteiger partial charge on any atom is 0.303 e. The van der Waals surface area contributed by atoms with Gasteiger partial charge in [-0.3, -0.25) is 15.0 Å². The first-order chi connectivity index (χ1) is 17.0. The van der Waals surface area contributed by atoms with Gasteiger partial charge in [-0.15, -0.1) is 0 Å². The Kier molecular flexibility index (Phi) is 7.47. The van der Waals surface area contributed by atoms with Gasteiger partial charge in [-0.2, -0.15) is 5.10 Å². The number of carboxylic acid groups (broad SMARTS) is 1. The lowest BCUT2D eigenvalue weighted by Crippen LogP contribution is -2.22. The summed E-state index contributed by atoms with van der Waals surface area (Å²) in [5.74, 6) is -0.172. The number of carboxylic acids is 1. The monoisotopic (exact) mass is 467 g/mol. The van der Waals surface area contributed by atoms with E-state index in [9.17, 15) is 9.59 Å². The number of aromatic nitrogens is 2. The van der Waals surface area contributed by atoms with Crippen LogP contribution >= 0.6 is 0 Å². The van der Waals surface area contributed by atoms with E-state index in [-0.39, 0.29) is 17.7 Å². The molecule has 0 spiro atoms. The fourth-order valence-electron chi connectivity index (χ4n) is 3.56. The van der Waals surface area contributed by atoms with Crippen LogP contribution in [0, 0.1) is 5.41 Å². The third-order valence-corrected chi connectivity index (χ3v) is 5.47. The molecule has 0 aliphatic heterocycles. The number of hydrogen-bond acceptors (Lipinski definition) is 5. The first-order valence-corrected chi connectivity index (χ1v) is 11.3. The summed E-state index contributed by atoms with van der Waals surface area (Å²) in [5.41, 5.74) is 4.05. The smallest absolute Gasteiger partial charge is 0.303 e. The molecule has 1 heterocycles. The normalized spacial score (nSPS) is 10.6. The standard InChI is InChI=1S/C28H25N3O4/c29-26-17-16-25(30-31(26)18-4-7-27(32)33)21-12-14-24(15-13-21)35-19-20-8-10-23(11-9-20)28(34)22-5-2-1-3-6-22/h1-3,5-6,8-17,29H,4,7,18-19H2,(H,32,33). The van der Waals surface area contributed by atoms with E-state index in [2.05, 4.69) is 5.10 Å². The molecule has 0 atom stereocenters. The highest BCUT2D eigenvalue weighted by molar-refractivity contribution is 6.08. The van der Waals surface area contributed by atoms with Crippen LogP contribution in [-0.4, -0.2) is 26.6 Å². The van der Waals surface area contributed by atoms with Crippen LogP contribution in [0.2, 0.25) is 0 Å². The van der Waals surface area contributed by atoms with E-state index in [1.165, 1.54) is 4.68 Å². The largest absolute Gasteiger partial charge is 0.489 e. The van der Waals surface area contributed by atoms with Crippen molar-refractivity contribution in [2.75, 3.05) is 0 Å². The second-order valence-electron chi connectivity index (χ2n) is 8.03. The molecule has 0 radical (unpaired) electrons. The van der Waals surface area contributed by atoms with Gasteiger partial charge in [0, 0.05) is 29.7 Å². The molecular weight excluding hydrogens is 442 g/mol. The third-order valence-electron chi connectivity index (χ3n) is 5.47. The molecule has 0 saturated carbocycles. The van der Waals surface area contributed by atoms with Crippen LogP contribution in [0.3, 0.4) is 0 Å². The summed E-state index contributed by atoms with van der Waals surface area (Å²) in [7, 11) is 0. The van der Waals surface area contributed by atoms with Crippen molar-refractivity contribution in [1.29, 1.82) is 5.41 Å². The lowest BCUT2D eigenvalue weighted by Gasteiger charge is -2.10. The highest BCUT2D eigenvalue weighted by Gasteiger charge is 2.09. The Labute approximate surface area is 202 Å². The lowest BCUT2D eigenvalue weighted by molar-refractivity contribution is -0.137. The van der Waals surface area contributed by atoms with Crippen LogP contribution in [0.4, 0.5) is 0 Å². The van der Waals surface area contributed by atoms with Crippen molar-refractivity contribution >= 4 is 11.8 Å². The number of ketones is 1. The molecule has 4 aromatic rings. The van der Waals surface area contributed by atoms with Gasteiger partial charge in [0.2, 0.25) is 0 Å². The van der Waals surface area contributed by atoms with Crippen molar-refractivity contribution in [1.82, 2.24) is 9.78 Å². The minimum Gasteiger partial charge on any atom is -0.489 e. The van der Waals surface area contributed by atoms with E-state index < -0.39 is 5.97 Å². The summed E-state index contributed by atoms with van der Waals surface area (Å²) in [6.45, 7) is 0.741. The quantitative estimate of drug-likeness (QED) is 0.329. The Morgan fingerprint density at radius 1 is 0.857 bits per heavy atom. The number of nitrogens with one attached hydrogen (secondary N) is 1. The maximum atomic E-state index is 12.5. The Morgan fingerprint density at radius 3 is 2.23 bits per heavy atom. The second-order valence-corrected chi connectivity index (χ2v) is 8.03. The van der Waals surface area contributed by atoms with Crippen molar-refractivity contribution in [3.8, 4) is 17.0 Å². The summed E-state index contributed by atoms with van der Waals surface area (Å²) in [6.07, 6.45) is 0.451. The molecule has 35 heavy (non-hydrogen) atoms. The van der Waals surface area contributed by atoms with Gasteiger partial charge in [-0.05, 0) is 48.4 Å². The molecule has 0 aliphatic carbocycles. The van der Waals surface area contributed by atoms with E-state index >= 15 is 0 Å². The number of aliphatic carboxylic acids is 1. The fourth-order valence-corrected chi connectivity index (χ4v) is 3.56. The van der Waals surface area contributed by atoms with E-state index in [1.54, 1.807) is 24.3 Å². The summed E-state index contributed by atoms with van der Waals surface area (Å²) in [6, 6.07) is 27.5. The molecular formula is C28H25N3O4. The molecule has 0 aliphatic rings. The van der Waals surface area contributed by atoms with Crippen LogP contribution < -0.4 is 10.2 Å². The van der Waals surface area contributed by atoms with Crippen LogP contribution in [0.25, 0.3) is 11.3 Å². The molecule has 3 aromatic carbocycles. The Hall–Kier alpha value is -4.52. The molecule has 0 bridgehead atoms. The topological polar surface area (TPSA) is 105 Å². The number of benzene rings is 3. The van der Waals surface area contributed by atoms with Gasteiger partial charge in [-0.1, -0.05) is 54.6 Å². The van der Waals surface area contributed by atoms with Crippen molar-refractivity contribution < 1.29 is 19.4 Å². The average Bonchev–Trinajstić information content (AvgIpc) is 2.89. The van der Waals surface area contributed by atoms with Crippen molar-refractivity contribution in [3.05, 3.63) is 113 Å². The van der Waals surface area contributed by atoms with Crippen LogP contribution in [0.1, 0.15) is 34.3 Å². The van der Waals surface area contributed by atoms with Crippen molar-refractivity contribution in [3.63, 3.8) is 0 Å². The van der Waals surface area contributed by atoms with Crippen molar-refractivity contribution in [2.24, 2.45) is 0 Å². The molecule has 0 amide bonds. The maximum absolute atomic E-state index is 12.5. The molecule has 176 valence electrons. The highest BCUT2D eigenvalue weighted by Crippen LogP contribution is 2.21. The number of carbonyl (C=O) groups is 2. The van der Waals surface area contributed by atoms with Gasteiger partial charge >= 0.3 is 5.97 Å². The number of nitrogens with zero attached hydrogens (tertiary/aromatic N) is 2. The van der Waals surface area contributed by atoms with Crippen LogP contribution in [0.15, 0.2) is 91.0 Å². The molecule has 1 aromatic heterocycles. The summed E-state index contributed by atoms with van der Waals surface area (Å²) < 4.78 is 7.40. The summed E-state index contributed by atoms with van der Waals surface area (Å²) in [4.78, 5) is 23.3. The zero-order valence-electron chi connectivity index (χ0n) is 19.1. The van der Waals surface area contributed by atoms with E-state index in [1.807, 2.05) is 66.7 Å². The van der Waals surface area contributed by atoms with Gasteiger partial charge in [0.15, 0.2) is 5.78 Å². The predicted molar refractivity (Wildman–Crippen MR) is 131 cm³/mol. The van der Waals surface area contributed by atoms with E-state index in [4.69, 9.17) is 15.3 Å². The molecule has 0 saturated heterocycles. The SMILES string of the molecule is N=c1ccc(-c2ccc(OCc3ccc(C(=O)c4ccccc4)cc3)cc2)nn1CCCC(=O)O. The van der Waals surface area contributed by atoms with E-state index in [0.29, 0.717) is 42.1 Å². The van der Waals surface area contributed by atoms with Gasteiger partial charge in [0.25, 0.3) is 0 Å². The number of carbonyl (C=O) groups excluding carboxylic acids is 1. The number of aryl methyl sites for hydroxylation is 1. The first-order valence-electron chi connectivity index (χ1n) is 11.3. The number of ether oxygens (including phenoxy) is 1. The highest BCUT2D eigenvalue weighted by atomic mass is 16.5. The minimum absolute atomic E-state index is 0.0103. The van der Waals surface area contributed by atoms with Gasteiger partial charge in [0.1, 0.15) is 17.8 Å². The molecule has 4 rings (SSSR count). The number of hydrogen-bond donors (Lipinski definition) is 2. The van der Waals surface area contributed by atoms with Crippen LogP contribution in [0.5, 0.6) is 5.75 Å². The summed E-state index contributed by atoms with van der Waals surface area (Å²) >= 11 is 0. The van der Waals surface area contributed by atoms with Gasteiger partial charge < -0.3 is 9.84 Å².